The van der Waals surface area contributed by atoms with Gasteiger partial charge in [-0.05, 0) is 49.8 Å². The Bertz CT molecular complexity index is 988. The maximum atomic E-state index is 12.9. The molecule has 1 aromatic heterocycles. The van der Waals surface area contributed by atoms with Gasteiger partial charge in [0.2, 0.25) is 6.79 Å². The van der Waals surface area contributed by atoms with Gasteiger partial charge in [-0.25, -0.2) is 0 Å². The zero-order valence-corrected chi connectivity index (χ0v) is 17.4. The van der Waals surface area contributed by atoms with Gasteiger partial charge in [0.15, 0.2) is 17.3 Å². The van der Waals surface area contributed by atoms with Crippen LogP contribution in [-0.4, -0.2) is 53.8 Å². The summed E-state index contributed by atoms with van der Waals surface area (Å²) in [5, 5.41) is 12.4. The molecule has 3 heterocycles. The number of thiophene rings is 1. The van der Waals surface area contributed by atoms with Crippen molar-refractivity contribution in [3.05, 3.63) is 40.1 Å². The molecule has 1 saturated carbocycles. The third-order valence-electron chi connectivity index (χ3n) is 6.20. The number of fused-ring (bicyclic) bond motifs is 2. The predicted molar refractivity (Wildman–Crippen MR) is 109 cm³/mol. The maximum absolute atomic E-state index is 12.9. The molecule has 0 bridgehead atoms. The van der Waals surface area contributed by atoms with E-state index in [2.05, 4.69) is 0 Å². The molecule has 2 aromatic rings. The summed E-state index contributed by atoms with van der Waals surface area (Å²) in [5.41, 5.74) is 0.567. The Morgan fingerprint density at radius 3 is 2.67 bits per heavy atom. The lowest BCUT2D eigenvalue weighted by molar-refractivity contribution is -0.0232. The predicted octanol–water partition coefficient (Wildman–Crippen LogP) is 2.97. The molecule has 1 saturated heterocycles. The van der Waals surface area contributed by atoms with Gasteiger partial charge in [0.1, 0.15) is 11.9 Å². The van der Waals surface area contributed by atoms with Gasteiger partial charge in [-0.2, -0.15) is 0 Å². The minimum Gasteiger partial charge on any atom is -0.488 e. The van der Waals surface area contributed by atoms with Crippen molar-refractivity contribution in [3.63, 3.8) is 0 Å². The standard InChI is InChI=1S/C22H23NO6S/c1-12(24)21-6-15(10-30-21)22(26)23-8-13-4-17(25)19(5-14(13)9-23)29-16-2-3-18-20(7-16)28-11-27-18/h2-3,6-7,10,13-14,17,19,25H,4-5,8-9,11H2,1H3/t13-,14+,17+,19+/m0/s1. The first kappa shape index (κ1) is 19.4. The molecule has 158 valence electrons. The molecule has 5 rings (SSSR count). The fourth-order valence-corrected chi connectivity index (χ4v) is 5.41. The number of benzene rings is 1. The van der Waals surface area contributed by atoms with Crippen LogP contribution in [0.2, 0.25) is 0 Å². The molecule has 2 fully saturated rings. The zero-order chi connectivity index (χ0) is 20.8. The number of carbonyl (C=O) groups is 2. The normalized spacial score (nSPS) is 27.1. The number of hydrogen-bond donors (Lipinski definition) is 1. The smallest absolute Gasteiger partial charge is 0.254 e. The monoisotopic (exact) mass is 429 g/mol. The Labute approximate surface area is 178 Å². The van der Waals surface area contributed by atoms with Gasteiger partial charge in [0.05, 0.1) is 16.5 Å². The van der Waals surface area contributed by atoms with Crippen LogP contribution in [0.3, 0.4) is 0 Å². The van der Waals surface area contributed by atoms with Crippen LogP contribution in [0.4, 0.5) is 0 Å². The van der Waals surface area contributed by atoms with E-state index in [0.29, 0.717) is 53.6 Å². The Morgan fingerprint density at radius 1 is 1.13 bits per heavy atom. The number of carbonyl (C=O) groups excluding carboxylic acids is 2. The number of ketones is 1. The molecular weight excluding hydrogens is 406 g/mol. The van der Waals surface area contributed by atoms with Crippen molar-refractivity contribution in [3.8, 4) is 17.2 Å². The summed E-state index contributed by atoms with van der Waals surface area (Å²) in [6, 6.07) is 7.09. The zero-order valence-electron chi connectivity index (χ0n) is 16.6. The summed E-state index contributed by atoms with van der Waals surface area (Å²) in [6.45, 7) is 2.98. The van der Waals surface area contributed by atoms with Crippen LogP contribution in [0, 0.1) is 11.8 Å². The van der Waals surface area contributed by atoms with Gasteiger partial charge in [0, 0.05) is 24.5 Å². The highest BCUT2D eigenvalue weighted by Crippen LogP contribution is 2.40. The largest absolute Gasteiger partial charge is 0.488 e. The number of likely N-dealkylation sites (tertiary alicyclic amines) is 1. The highest BCUT2D eigenvalue weighted by atomic mass is 32.1. The second kappa shape index (κ2) is 7.59. The summed E-state index contributed by atoms with van der Waals surface area (Å²) in [6.07, 6.45) is 0.377. The lowest BCUT2D eigenvalue weighted by Crippen LogP contribution is -2.42. The number of aliphatic hydroxyl groups is 1. The van der Waals surface area contributed by atoms with E-state index in [1.54, 1.807) is 17.5 Å². The molecule has 2 aliphatic heterocycles. The van der Waals surface area contributed by atoms with E-state index in [1.807, 2.05) is 17.0 Å². The van der Waals surface area contributed by atoms with E-state index in [-0.39, 0.29) is 36.4 Å². The molecule has 4 atom stereocenters. The number of ether oxygens (including phenoxy) is 3. The van der Waals surface area contributed by atoms with Crippen molar-refractivity contribution in [2.24, 2.45) is 11.8 Å². The van der Waals surface area contributed by atoms with Crippen LogP contribution in [0.5, 0.6) is 17.2 Å². The first-order valence-corrected chi connectivity index (χ1v) is 11.0. The highest BCUT2D eigenvalue weighted by molar-refractivity contribution is 7.12. The van der Waals surface area contributed by atoms with Crippen molar-refractivity contribution in [1.82, 2.24) is 4.90 Å². The third-order valence-corrected chi connectivity index (χ3v) is 7.23. The van der Waals surface area contributed by atoms with E-state index in [1.165, 1.54) is 18.3 Å². The fourth-order valence-electron chi connectivity index (χ4n) is 4.62. The van der Waals surface area contributed by atoms with Gasteiger partial charge in [-0.15, -0.1) is 11.3 Å². The summed E-state index contributed by atoms with van der Waals surface area (Å²) in [7, 11) is 0. The van der Waals surface area contributed by atoms with Crippen LogP contribution >= 0.6 is 11.3 Å². The van der Waals surface area contributed by atoms with Crippen LogP contribution in [0.1, 0.15) is 39.8 Å². The molecule has 7 nitrogen and oxygen atoms in total. The van der Waals surface area contributed by atoms with Crippen molar-refractivity contribution in [2.75, 3.05) is 19.9 Å². The van der Waals surface area contributed by atoms with E-state index in [9.17, 15) is 14.7 Å². The quantitative estimate of drug-likeness (QED) is 0.753. The average molecular weight is 429 g/mol. The van der Waals surface area contributed by atoms with Gasteiger partial charge in [-0.1, -0.05) is 0 Å². The van der Waals surface area contributed by atoms with E-state index < -0.39 is 6.10 Å². The second-order valence-electron chi connectivity index (χ2n) is 8.20. The van der Waals surface area contributed by atoms with E-state index >= 15 is 0 Å². The van der Waals surface area contributed by atoms with Gasteiger partial charge < -0.3 is 24.2 Å². The molecule has 0 radical (unpaired) electrons. The molecule has 30 heavy (non-hydrogen) atoms. The minimum atomic E-state index is -0.586. The summed E-state index contributed by atoms with van der Waals surface area (Å²) < 4.78 is 16.8. The number of Topliss-reactive ketones (excluding diaryl/α,β-unsaturated/α-hetero) is 1. The van der Waals surface area contributed by atoms with E-state index in [0.717, 1.165) is 0 Å². The topological polar surface area (TPSA) is 85.3 Å². The molecule has 1 amide bonds. The van der Waals surface area contributed by atoms with Crippen LogP contribution in [0.15, 0.2) is 29.6 Å². The number of nitrogens with zero attached hydrogens (tertiary/aromatic N) is 1. The maximum Gasteiger partial charge on any atom is 0.254 e. The Hall–Kier alpha value is -2.58. The SMILES string of the molecule is CC(=O)c1cc(C(=O)N2C[C@H]3C[C@@H](Oc4ccc5c(c4)OCO5)[C@H](O)C[C@H]3C2)cs1. The minimum absolute atomic E-state index is 0.0271. The first-order chi connectivity index (χ1) is 14.5. The molecule has 1 aromatic carbocycles. The van der Waals surface area contributed by atoms with E-state index in [4.69, 9.17) is 14.2 Å². The van der Waals surface area contributed by atoms with Gasteiger partial charge in [-0.3, -0.25) is 9.59 Å². The lowest BCUT2D eigenvalue weighted by Gasteiger charge is -2.35. The first-order valence-electron chi connectivity index (χ1n) is 10.1. The molecular formula is C22H23NO6S. The molecule has 3 aliphatic rings. The van der Waals surface area contributed by atoms with Crippen LogP contribution in [0.25, 0.3) is 0 Å². The number of amides is 1. The van der Waals surface area contributed by atoms with Crippen molar-refractivity contribution < 1.29 is 28.9 Å². The van der Waals surface area contributed by atoms with Crippen LogP contribution < -0.4 is 14.2 Å². The van der Waals surface area contributed by atoms with Crippen LogP contribution in [-0.2, 0) is 0 Å². The Balaban J connectivity index is 1.24. The lowest BCUT2D eigenvalue weighted by atomic mass is 9.78. The fraction of sp³-hybridized carbons (Fsp3) is 0.455. The van der Waals surface area contributed by atoms with Crippen molar-refractivity contribution >= 4 is 23.0 Å². The molecule has 1 aliphatic carbocycles. The Morgan fingerprint density at radius 2 is 1.90 bits per heavy atom. The van der Waals surface area contributed by atoms with Crippen molar-refractivity contribution in [1.29, 1.82) is 0 Å². The summed E-state index contributed by atoms with van der Waals surface area (Å²) in [4.78, 5) is 26.9. The van der Waals surface area contributed by atoms with Gasteiger partial charge >= 0.3 is 0 Å². The number of rotatable bonds is 4. The number of hydrogen-bond acceptors (Lipinski definition) is 7. The van der Waals surface area contributed by atoms with Crippen molar-refractivity contribution in [2.45, 2.75) is 32.0 Å². The molecule has 0 unspecified atom stereocenters. The molecule has 0 spiro atoms. The highest BCUT2D eigenvalue weighted by Gasteiger charge is 2.44. The molecule has 1 N–H and O–H groups in total. The number of aliphatic hydroxyl groups excluding tert-OH is 1. The van der Waals surface area contributed by atoms with Gasteiger partial charge in [0.25, 0.3) is 5.91 Å². The second-order valence-corrected chi connectivity index (χ2v) is 9.11. The summed E-state index contributed by atoms with van der Waals surface area (Å²) in [5.74, 6) is 2.44. The Kier molecular flexibility index (Phi) is 4.91. The summed E-state index contributed by atoms with van der Waals surface area (Å²) >= 11 is 1.30. The molecule has 8 heteroatoms. The third kappa shape index (κ3) is 3.54. The average Bonchev–Trinajstić information content (AvgIpc) is 3.46.